The third-order valence-electron chi connectivity index (χ3n) is 5.06. The SMILES string of the molecule is C[C@H](Oc1ccc2c(c1)OCO2)C(=O)N[C@@H]1CCN(c2nccn3cnnc23)C1. The summed E-state index contributed by atoms with van der Waals surface area (Å²) in [6.45, 7) is 3.36. The average molecular weight is 396 g/mol. The topological polar surface area (TPSA) is 103 Å². The number of hydrogen-bond acceptors (Lipinski definition) is 8. The third kappa shape index (κ3) is 3.37. The molecule has 1 fully saturated rings. The Morgan fingerprint density at radius 1 is 1.34 bits per heavy atom. The number of carbonyl (C=O) groups is 1. The Hall–Kier alpha value is -3.56. The van der Waals surface area contributed by atoms with Gasteiger partial charge in [-0.3, -0.25) is 9.20 Å². The van der Waals surface area contributed by atoms with Crippen LogP contribution in [0.2, 0.25) is 0 Å². The van der Waals surface area contributed by atoms with Gasteiger partial charge >= 0.3 is 0 Å². The number of benzene rings is 1. The Morgan fingerprint density at radius 2 is 2.24 bits per heavy atom. The summed E-state index contributed by atoms with van der Waals surface area (Å²) in [5.74, 6) is 2.47. The highest BCUT2D eigenvalue weighted by atomic mass is 16.7. The van der Waals surface area contributed by atoms with Gasteiger partial charge in [0.1, 0.15) is 12.1 Å². The Morgan fingerprint density at radius 3 is 3.17 bits per heavy atom. The van der Waals surface area contributed by atoms with Crippen LogP contribution >= 0.6 is 0 Å². The molecule has 5 rings (SSSR count). The van der Waals surface area contributed by atoms with Gasteiger partial charge in [0.2, 0.25) is 12.4 Å². The second kappa shape index (κ2) is 7.12. The maximum Gasteiger partial charge on any atom is 0.261 e. The number of anilines is 1. The van der Waals surface area contributed by atoms with Crippen molar-refractivity contribution in [2.45, 2.75) is 25.5 Å². The van der Waals surface area contributed by atoms with Crippen molar-refractivity contribution < 1.29 is 19.0 Å². The van der Waals surface area contributed by atoms with Crippen molar-refractivity contribution in [3.05, 3.63) is 36.9 Å². The largest absolute Gasteiger partial charge is 0.481 e. The van der Waals surface area contributed by atoms with Crippen LogP contribution in [0, 0.1) is 0 Å². The molecule has 150 valence electrons. The molecule has 10 nitrogen and oxygen atoms in total. The molecule has 10 heteroatoms. The fourth-order valence-electron chi connectivity index (χ4n) is 3.57. The summed E-state index contributed by atoms with van der Waals surface area (Å²) in [5.41, 5.74) is 0.707. The fourth-order valence-corrected chi connectivity index (χ4v) is 3.57. The van der Waals surface area contributed by atoms with Gasteiger partial charge in [0.15, 0.2) is 23.4 Å². The summed E-state index contributed by atoms with van der Waals surface area (Å²) in [6, 6.07) is 5.28. The van der Waals surface area contributed by atoms with E-state index < -0.39 is 6.10 Å². The van der Waals surface area contributed by atoms with E-state index in [-0.39, 0.29) is 18.7 Å². The molecule has 2 aromatic heterocycles. The first-order chi connectivity index (χ1) is 14.2. The quantitative estimate of drug-likeness (QED) is 0.682. The molecule has 0 spiro atoms. The number of ether oxygens (including phenoxy) is 3. The molecule has 0 aliphatic carbocycles. The van der Waals surface area contributed by atoms with Crippen LogP contribution in [-0.2, 0) is 4.79 Å². The van der Waals surface area contributed by atoms with Crippen molar-refractivity contribution in [2.75, 3.05) is 24.8 Å². The molecule has 0 unspecified atom stereocenters. The van der Waals surface area contributed by atoms with Crippen LogP contribution < -0.4 is 24.4 Å². The maximum absolute atomic E-state index is 12.6. The highest BCUT2D eigenvalue weighted by Crippen LogP contribution is 2.35. The summed E-state index contributed by atoms with van der Waals surface area (Å²) in [4.78, 5) is 19.1. The second-order valence-electron chi connectivity index (χ2n) is 7.03. The van der Waals surface area contributed by atoms with Crippen LogP contribution in [0.4, 0.5) is 5.82 Å². The summed E-state index contributed by atoms with van der Waals surface area (Å²) in [7, 11) is 0. The van der Waals surface area contributed by atoms with Crippen molar-refractivity contribution in [3.63, 3.8) is 0 Å². The second-order valence-corrected chi connectivity index (χ2v) is 7.03. The van der Waals surface area contributed by atoms with Crippen molar-refractivity contribution in [1.29, 1.82) is 0 Å². The van der Waals surface area contributed by atoms with Gasteiger partial charge in [-0.25, -0.2) is 4.98 Å². The molecule has 1 saturated heterocycles. The van der Waals surface area contributed by atoms with Gasteiger partial charge in [0, 0.05) is 37.6 Å². The number of carbonyl (C=O) groups excluding carboxylic acids is 1. The lowest BCUT2D eigenvalue weighted by atomic mass is 10.2. The first-order valence-electron chi connectivity index (χ1n) is 9.43. The first kappa shape index (κ1) is 17.5. The molecule has 2 aliphatic heterocycles. The fraction of sp³-hybridized carbons (Fsp3) is 0.368. The first-order valence-corrected chi connectivity index (χ1v) is 9.43. The van der Waals surface area contributed by atoms with Gasteiger partial charge in [-0.1, -0.05) is 0 Å². The summed E-state index contributed by atoms with van der Waals surface area (Å²) >= 11 is 0. The predicted octanol–water partition coefficient (Wildman–Crippen LogP) is 1.02. The molecule has 0 radical (unpaired) electrons. The predicted molar refractivity (Wildman–Crippen MR) is 102 cm³/mol. The smallest absolute Gasteiger partial charge is 0.261 e. The summed E-state index contributed by atoms with van der Waals surface area (Å²) < 4.78 is 18.2. The van der Waals surface area contributed by atoms with Gasteiger partial charge in [0.25, 0.3) is 5.91 Å². The number of hydrogen-bond donors (Lipinski definition) is 1. The van der Waals surface area contributed by atoms with Crippen molar-refractivity contribution >= 4 is 17.4 Å². The maximum atomic E-state index is 12.6. The molecule has 4 heterocycles. The molecule has 29 heavy (non-hydrogen) atoms. The third-order valence-corrected chi connectivity index (χ3v) is 5.06. The summed E-state index contributed by atoms with van der Waals surface area (Å²) in [6.07, 6.45) is 5.36. The van der Waals surface area contributed by atoms with Crippen molar-refractivity contribution in [3.8, 4) is 17.2 Å². The molecular weight excluding hydrogens is 376 g/mol. The number of rotatable bonds is 5. The van der Waals surface area contributed by atoms with Crippen LogP contribution in [-0.4, -0.2) is 57.5 Å². The number of nitrogens with one attached hydrogen (secondary N) is 1. The Bertz CT molecular complexity index is 1050. The van der Waals surface area contributed by atoms with E-state index in [0.29, 0.717) is 29.4 Å². The van der Waals surface area contributed by atoms with E-state index in [4.69, 9.17) is 14.2 Å². The standard InChI is InChI=1S/C19H20N6O4/c1-12(29-14-2-3-15-16(8-14)28-11-27-15)19(26)22-13-4-6-24(9-13)17-18-23-21-10-25(18)7-5-20-17/h2-3,5,7-8,10,12-13H,4,6,9,11H2,1H3,(H,22,26)/t12-,13+/m0/s1. The van der Waals surface area contributed by atoms with E-state index >= 15 is 0 Å². The molecule has 3 aromatic rings. The zero-order valence-electron chi connectivity index (χ0n) is 15.8. The van der Waals surface area contributed by atoms with Gasteiger partial charge in [-0.15, -0.1) is 10.2 Å². The van der Waals surface area contributed by atoms with E-state index in [1.54, 1.807) is 37.6 Å². The minimum atomic E-state index is -0.637. The minimum Gasteiger partial charge on any atom is -0.481 e. The monoisotopic (exact) mass is 396 g/mol. The molecule has 1 N–H and O–H groups in total. The lowest BCUT2D eigenvalue weighted by Crippen LogP contribution is -2.43. The van der Waals surface area contributed by atoms with Gasteiger partial charge < -0.3 is 24.4 Å². The molecule has 2 aliphatic rings. The van der Waals surface area contributed by atoms with Gasteiger partial charge in [-0.2, -0.15) is 0 Å². The van der Waals surface area contributed by atoms with Crippen LogP contribution in [0.5, 0.6) is 17.2 Å². The minimum absolute atomic E-state index is 0.00952. The molecule has 1 aromatic carbocycles. The Balaban J connectivity index is 1.19. The van der Waals surface area contributed by atoms with Crippen LogP contribution in [0.3, 0.4) is 0 Å². The Labute approximate surface area is 166 Å². The zero-order valence-corrected chi connectivity index (χ0v) is 15.8. The van der Waals surface area contributed by atoms with E-state index in [0.717, 1.165) is 18.8 Å². The highest BCUT2D eigenvalue weighted by Gasteiger charge is 2.28. The number of fused-ring (bicyclic) bond motifs is 2. The number of aromatic nitrogens is 4. The molecule has 2 atom stereocenters. The van der Waals surface area contributed by atoms with Gasteiger partial charge in [-0.05, 0) is 25.5 Å². The van der Waals surface area contributed by atoms with E-state index in [1.807, 2.05) is 10.6 Å². The number of amides is 1. The normalized spacial score (nSPS) is 18.8. The highest BCUT2D eigenvalue weighted by molar-refractivity contribution is 5.81. The average Bonchev–Trinajstić information content (AvgIpc) is 3.47. The number of nitrogens with zero attached hydrogens (tertiary/aromatic N) is 5. The van der Waals surface area contributed by atoms with Crippen LogP contribution in [0.1, 0.15) is 13.3 Å². The molecule has 0 saturated carbocycles. The van der Waals surface area contributed by atoms with Crippen LogP contribution in [0.15, 0.2) is 36.9 Å². The lowest BCUT2D eigenvalue weighted by Gasteiger charge is -2.20. The molecule has 1 amide bonds. The van der Waals surface area contributed by atoms with E-state index in [1.165, 1.54) is 0 Å². The van der Waals surface area contributed by atoms with Crippen molar-refractivity contribution in [1.82, 2.24) is 24.9 Å². The summed E-state index contributed by atoms with van der Waals surface area (Å²) in [5, 5.41) is 11.1. The molecule has 0 bridgehead atoms. The Kier molecular flexibility index (Phi) is 4.30. The zero-order chi connectivity index (χ0) is 19.8. The lowest BCUT2D eigenvalue weighted by molar-refractivity contribution is -0.127. The van der Waals surface area contributed by atoms with Crippen molar-refractivity contribution in [2.24, 2.45) is 0 Å². The van der Waals surface area contributed by atoms with E-state index in [2.05, 4.69) is 25.4 Å². The van der Waals surface area contributed by atoms with E-state index in [9.17, 15) is 4.79 Å². The van der Waals surface area contributed by atoms with Gasteiger partial charge in [0.05, 0.1) is 0 Å². The van der Waals surface area contributed by atoms with Crippen LogP contribution in [0.25, 0.3) is 5.65 Å². The molecular formula is C19H20N6O4.